The fraction of sp³-hybridized carbons (Fsp3) is 0.133. The normalized spacial score (nSPS) is 7.36. The van der Waals surface area contributed by atoms with Crippen molar-refractivity contribution >= 4 is 100 Å². The van der Waals surface area contributed by atoms with Crippen LogP contribution in [0.1, 0.15) is 0 Å². The van der Waals surface area contributed by atoms with Crippen LogP contribution in [0.3, 0.4) is 0 Å². The SMILES string of the molecule is CI.CI.C[n+]1cccc2ncccc21.Cn1c(=O)ccc2c1ccc(=O)n2C.Cn1c(=O)ccc2c1ccc[n+]2C.Cn1c(=O)ccc2ncccc21.[C-]#N.[C-]#N.[C-]#N.[C-]#N.[C-]#N.[C-]#N.[C-]#N.[C-]#N.[C-]#N.[C-]#N.[C-]#N.[C-]#N.[Fe+6].[Fe+6].c1cnc2cccnc2c1. The molecule has 10 rings (SSSR count). The number of aromatic nitrogens is 10. The van der Waals surface area contributed by atoms with Gasteiger partial charge >= 0.3 is 34.1 Å². The molecule has 30 heteroatoms. The van der Waals surface area contributed by atoms with Crippen molar-refractivity contribution in [3.63, 3.8) is 0 Å². The second-order valence-corrected chi connectivity index (χ2v) is 13.6. The quantitative estimate of drug-likeness (QED) is 0.0466. The van der Waals surface area contributed by atoms with Crippen molar-refractivity contribution in [1.29, 1.82) is 63.1 Å². The van der Waals surface area contributed by atoms with Crippen LogP contribution in [0.25, 0.3) is 55.2 Å². The molecule has 0 aliphatic heterocycles. The van der Waals surface area contributed by atoms with E-state index in [-0.39, 0.29) is 56.4 Å². The summed E-state index contributed by atoms with van der Waals surface area (Å²) in [6.07, 6.45) is 11.0. The molecule has 0 amide bonds. The molecule has 0 atom stereocenters. The molecule has 0 saturated heterocycles. The molecule has 0 bridgehead atoms. The predicted octanol–water partition coefficient (Wildman–Crippen LogP) is 7.48. The molecule has 10 aromatic heterocycles. The number of hydrogen-bond acceptors (Lipinski definition) is 20. The van der Waals surface area contributed by atoms with Crippen LogP contribution in [-0.2, 0) is 76.4 Å². The fourth-order valence-corrected chi connectivity index (χ4v) is 6.26. The number of nitrogens with zero attached hydrogens (tertiary/aromatic N) is 22. The zero-order valence-corrected chi connectivity index (χ0v) is 55.5. The van der Waals surface area contributed by atoms with Crippen LogP contribution in [0.15, 0.2) is 178 Å². The van der Waals surface area contributed by atoms with Crippen LogP contribution in [-0.4, -0.2) is 48.1 Å². The van der Waals surface area contributed by atoms with Gasteiger partial charge in [-0.3, -0.25) is 34.1 Å². The number of aryl methyl sites for hydroxylation is 6. The van der Waals surface area contributed by atoms with Crippen molar-refractivity contribution in [1.82, 2.24) is 38.2 Å². The van der Waals surface area contributed by atoms with E-state index < -0.39 is 0 Å². The van der Waals surface area contributed by atoms with Crippen LogP contribution in [0, 0.1) is 142 Å². The van der Waals surface area contributed by atoms with Gasteiger partial charge in [-0.2, -0.15) is 9.13 Å². The van der Waals surface area contributed by atoms with Crippen LogP contribution in [0.5, 0.6) is 0 Å². The largest absolute Gasteiger partial charge is 6.00 e. The van der Waals surface area contributed by atoms with Gasteiger partial charge in [0, 0.05) is 102 Å². The standard InChI is InChI=1S/C10H10N2O2.C10H11N2O.C9H8N2O.C9H9N2.C8H6N2.2CH3I.12CN.2Fe/c1-11-7-3-6-10(14)12(2)8(7)4-5-9(11)13;1-11-7-3-4-9-8(11)5-6-10(13)12(9)2;1-11-8-3-2-6-10-7(8)4-5-9(11)12;1-11-7-3-4-8-9(11)5-2-6-10-8;1-3-7-8(9-5-1)4-2-6-10-7;14*1-2;;/h3-6H,1-2H3;3-7H,1-2H3;2-6H,1H3;2-7H,1H3;1-6H;2*1H3;;;;;;;;;;;;;;/q;+1;;+1;;;;12*-1;2*+6. The van der Waals surface area contributed by atoms with Gasteiger partial charge in [-0.15, -0.1) is 0 Å². The Bertz CT molecular complexity index is 3780. The van der Waals surface area contributed by atoms with Gasteiger partial charge in [-0.05, 0) is 82.7 Å². The van der Waals surface area contributed by atoms with Crippen molar-refractivity contribution in [2.75, 3.05) is 9.86 Å². The summed E-state index contributed by atoms with van der Waals surface area (Å²) in [6, 6.07) is 36.2. The number of rotatable bonds is 0. The summed E-state index contributed by atoms with van der Waals surface area (Å²) in [5, 5.41) is 75.0. The summed E-state index contributed by atoms with van der Waals surface area (Å²) >= 11 is 4.30. The first-order chi connectivity index (χ1) is 42.9. The fourth-order valence-electron chi connectivity index (χ4n) is 6.26. The monoisotopic (exact) mass is 1510 g/mol. The molecule has 0 saturated carbocycles. The number of alkyl halides is 2. The van der Waals surface area contributed by atoms with E-state index in [4.69, 9.17) is 142 Å². The Kier molecular flexibility index (Phi) is 84.4. The van der Waals surface area contributed by atoms with Crippen LogP contribution in [0.2, 0.25) is 0 Å². The molecule has 0 aliphatic rings. The molecule has 26 nitrogen and oxygen atoms in total. The molecule has 0 aliphatic carbocycles. The van der Waals surface area contributed by atoms with Crippen LogP contribution in [0.4, 0.5) is 0 Å². The molecule has 0 radical (unpaired) electrons. The summed E-state index contributed by atoms with van der Waals surface area (Å²) in [5.41, 5.74) is 9.23. The molecule has 0 aromatic carbocycles. The van der Waals surface area contributed by atoms with Crippen LogP contribution < -0.4 is 31.4 Å². The molecule has 90 heavy (non-hydrogen) atoms. The maximum atomic E-state index is 11.3. The van der Waals surface area contributed by atoms with E-state index in [1.807, 2.05) is 120 Å². The Balaban J connectivity index is -0.0000000873. The zero-order chi connectivity index (χ0) is 70.8. The van der Waals surface area contributed by atoms with Gasteiger partial charge in [0.2, 0.25) is 11.0 Å². The van der Waals surface area contributed by atoms with Gasteiger partial charge < -0.3 is 160 Å². The van der Waals surface area contributed by atoms with Gasteiger partial charge in [-0.1, -0.05) is 45.2 Å². The van der Waals surface area contributed by atoms with Crippen LogP contribution >= 0.6 is 45.2 Å². The van der Waals surface area contributed by atoms with Crippen molar-refractivity contribution in [3.8, 4) is 0 Å². The molecule has 10 heterocycles. The Labute approximate surface area is 571 Å². The van der Waals surface area contributed by atoms with Gasteiger partial charge in [0.25, 0.3) is 22.2 Å². The molecular weight excluding hydrogens is 1460 g/mol. The third kappa shape index (κ3) is 36.9. The maximum Gasteiger partial charge on any atom is 6.00 e. The van der Waals surface area contributed by atoms with Crippen molar-refractivity contribution in [2.45, 2.75) is 0 Å². The molecule has 0 N–H and O–H groups in total. The van der Waals surface area contributed by atoms with E-state index in [0.29, 0.717) is 0 Å². The number of halogens is 2. The topological polar surface area (TPSA) is 433 Å². The summed E-state index contributed by atoms with van der Waals surface area (Å²) in [6.45, 7) is 57.0. The van der Waals surface area contributed by atoms with E-state index in [1.165, 1.54) is 27.3 Å². The van der Waals surface area contributed by atoms with Crippen molar-refractivity contribution in [3.05, 3.63) is 279 Å². The van der Waals surface area contributed by atoms with E-state index in [9.17, 15) is 19.2 Å². The zero-order valence-electron chi connectivity index (χ0n) is 48.9. The molecule has 10 aromatic rings. The Hall–Kier alpha value is -11.6. The van der Waals surface area contributed by atoms with Crippen molar-refractivity contribution < 1.29 is 43.3 Å². The average Bonchev–Trinajstić information content (AvgIpc) is 1.11. The Morgan fingerprint density at radius 3 is 0.933 bits per heavy atom. The van der Waals surface area contributed by atoms with Gasteiger partial charge in [0.05, 0.1) is 33.1 Å². The smallest absolute Gasteiger partial charge is 0.512 e. The van der Waals surface area contributed by atoms with E-state index in [0.717, 1.165) is 55.2 Å². The molecule has 0 fully saturated rings. The number of hydrogen-bond donors (Lipinski definition) is 0. The summed E-state index contributed by atoms with van der Waals surface area (Å²) in [5.74, 6) is 0. The second-order valence-electron chi connectivity index (χ2n) is 13.6. The van der Waals surface area contributed by atoms with Gasteiger partial charge in [-0.25, -0.2) is 4.98 Å². The minimum atomic E-state index is -0.0730. The Morgan fingerprint density at radius 2 is 0.556 bits per heavy atom. The summed E-state index contributed by atoms with van der Waals surface area (Å²) in [7, 11) is 10.9. The second kappa shape index (κ2) is 73.5. The van der Waals surface area contributed by atoms with E-state index in [2.05, 4.69) is 75.8 Å². The van der Waals surface area contributed by atoms with E-state index >= 15 is 0 Å². The Morgan fingerprint density at radius 1 is 0.300 bits per heavy atom. The molecule has 452 valence electrons. The minimum Gasteiger partial charge on any atom is -0.512 e. The predicted molar refractivity (Wildman–Crippen MR) is 334 cm³/mol. The summed E-state index contributed by atoms with van der Waals surface area (Å²) < 4.78 is 10.3. The van der Waals surface area contributed by atoms with Gasteiger partial charge in [0.1, 0.15) is 25.1 Å². The average molecular weight is 1510 g/mol. The van der Waals surface area contributed by atoms with Gasteiger partial charge in [0.15, 0.2) is 12.4 Å². The number of pyridine rings is 10. The van der Waals surface area contributed by atoms with Crippen molar-refractivity contribution in [2.24, 2.45) is 42.3 Å². The number of fused-ring (bicyclic) bond motifs is 5. The first-order valence-corrected chi connectivity index (χ1v) is 26.6. The first-order valence-electron chi connectivity index (χ1n) is 22.2. The van der Waals surface area contributed by atoms with E-state index in [1.54, 1.807) is 80.2 Å². The maximum absolute atomic E-state index is 11.3. The third-order valence-corrected chi connectivity index (χ3v) is 9.72. The first kappa shape index (κ1) is 103. The summed E-state index contributed by atoms with van der Waals surface area (Å²) in [4.78, 5) is 65.6. The minimum absolute atomic E-state index is 0. The molecule has 0 spiro atoms. The third-order valence-electron chi connectivity index (χ3n) is 9.72. The molecule has 0 unspecified atom stereocenters. The molecular formula is C60H50Fe2I2N22O4+2.